The molecule has 0 amide bonds. The minimum atomic E-state index is -3.29. The third-order valence-electron chi connectivity index (χ3n) is 4.88. The Morgan fingerprint density at radius 2 is 1.54 bits per heavy atom. The molecular formula is C22H20NO4P. The summed E-state index contributed by atoms with van der Waals surface area (Å²) in [6.07, 6.45) is 3.93. The summed E-state index contributed by atoms with van der Waals surface area (Å²) in [7, 11) is -3.29. The van der Waals surface area contributed by atoms with Crippen molar-refractivity contribution in [3.63, 3.8) is 0 Å². The van der Waals surface area contributed by atoms with Crippen LogP contribution in [0, 0.1) is 0 Å². The average Bonchev–Trinajstić information content (AvgIpc) is 3.42. The zero-order valence-corrected chi connectivity index (χ0v) is 16.2. The summed E-state index contributed by atoms with van der Waals surface area (Å²) in [5.74, 6) is 0.0998. The maximum Gasteiger partial charge on any atom is 0.331 e. The number of benzene rings is 2. The van der Waals surface area contributed by atoms with Crippen LogP contribution in [0.15, 0.2) is 95.6 Å². The quantitative estimate of drug-likeness (QED) is 0.513. The normalized spacial score (nSPS) is 18.6. The molecule has 0 bridgehead atoms. The minimum Gasteiger partial charge on any atom is -0.467 e. The number of rotatable bonds is 6. The monoisotopic (exact) mass is 393 g/mol. The Hall–Kier alpha value is -2.88. The van der Waals surface area contributed by atoms with E-state index in [1.165, 1.54) is 6.08 Å². The molecule has 0 saturated heterocycles. The predicted molar refractivity (Wildman–Crippen MR) is 108 cm³/mol. The lowest BCUT2D eigenvalue weighted by Crippen LogP contribution is -2.50. The lowest BCUT2D eigenvalue weighted by atomic mass is 9.93. The Bertz CT molecular complexity index is 987. The molecule has 0 unspecified atom stereocenters. The molecule has 5 nitrogen and oxygen atoms in total. The summed E-state index contributed by atoms with van der Waals surface area (Å²) < 4.78 is 25.6. The van der Waals surface area contributed by atoms with Crippen LogP contribution in [0.25, 0.3) is 0 Å². The maximum absolute atomic E-state index is 14.4. The molecule has 2 heterocycles. The smallest absolute Gasteiger partial charge is 0.331 e. The molecule has 1 aliphatic rings. The highest BCUT2D eigenvalue weighted by atomic mass is 31.2. The van der Waals surface area contributed by atoms with Crippen LogP contribution in [0.1, 0.15) is 12.7 Å². The van der Waals surface area contributed by atoms with Crippen molar-refractivity contribution in [3.8, 4) is 0 Å². The summed E-state index contributed by atoms with van der Waals surface area (Å²) in [4.78, 5) is 11.7. The summed E-state index contributed by atoms with van der Waals surface area (Å²) in [5, 5.41) is 4.66. The first-order valence-electron chi connectivity index (χ1n) is 8.96. The van der Waals surface area contributed by atoms with E-state index in [4.69, 9.17) is 9.15 Å². The summed E-state index contributed by atoms with van der Waals surface area (Å²) in [6, 6.07) is 22.0. The fourth-order valence-corrected chi connectivity index (χ4v) is 6.03. The van der Waals surface area contributed by atoms with Gasteiger partial charge in [-0.3, -0.25) is 4.57 Å². The van der Waals surface area contributed by atoms with E-state index >= 15 is 0 Å². The van der Waals surface area contributed by atoms with E-state index in [1.54, 1.807) is 24.5 Å². The third-order valence-corrected chi connectivity index (χ3v) is 7.71. The molecule has 28 heavy (non-hydrogen) atoms. The molecule has 2 atom stereocenters. The highest BCUT2D eigenvalue weighted by molar-refractivity contribution is 7.77. The van der Waals surface area contributed by atoms with E-state index in [0.717, 1.165) is 0 Å². The van der Waals surface area contributed by atoms with E-state index in [-0.39, 0.29) is 0 Å². The van der Waals surface area contributed by atoms with Crippen LogP contribution in [0.4, 0.5) is 0 Å². The molecule has 1 aromatic heterocycles. The van der Waals surface area contributed by atoms with Crippen LogP contribution in [0.3, 0.4) is 0 Å². The van der Waals surface area contributed by atoms with Crippen LogP contribution < -0.4 is 15.7 Å². The van der Waals surface area contributed by atoms with Gasteiger partial charge in [-0.15, -0.1) is 0 Å². The first kappa shape index (κ1) is 18.5. The Labute approximate surface area is 163 Å². The average molecular weight is 393 g/mol. The van der Waals surface area contributed by atoms with Gasteiger partial charge in [-0.2, -0.15) is 0 Å². The van der Waals surface area contributed by atoms with Crippen molar-refractivity contribution in [2.75, 3.05) is 0 Å². The van der Waals surface area contributed by atoms with Crippen LogP contribution in [0.2, 0.25) is 0 Å². The lowest BCUT2D eigenvalue weighted by Gasteiger charge is -2.36. The Kier molecular flexibility index (Phi) is 4.80. The van der Waals surface area contributed by atoms with Gasteiger partial charge in [0.05, 0.1) is 6.26 Å². The van der Waals surface area contributed by atoms with E-state index in [2.05, 4.69) is 5.09 Å². The number of cyclic esters (lactones) is 1. The van der Waals surface area contributed by atoms with E-state index < -0.39 is 24.9 Å². The second-order valence-electron chi connectivity index (χ2n) is 6.79. The first-order valence-corrected chi connectivity index (χ1v) is 10.7. The first-order chi connectivity index (χ1) is 13.5. The van der Waals surface area contributed by atoms with Crippen molar-refractivity contribution in [2.24, 2.45) is 0 Å². The number of carbonyl (C=O) groups is 1. The minimum absolute atomic E-state index is 0.432. The molecule has 0 radical (unpaired) electrons. The van der Waals surface area contributed by atoms with Gasteiger partial charge in [0, 0.05) is 16.7 Å². The third kappa shape index (κ3) is 3.24. The van der Waals surface area contributed by atoms with Gasteiger partial charge in [0.15, 0.2) is 0 Å². The molecule has 1 N–H and O–H groups in total. The van der Waals surface area contributed by atoms with Crippen LogP contribution in [-0.2, 0) is 19.6 Å². The molecule has 0 aliphatic carbocycles. The van der Waals surface area contributed by atoms with Crippen LogP contribution in [-0.4, -0.2) is 12.1 Å². The van der Waals surface area contributed by atoms with Gasteiger partial charge in [-0.05, 0) is 49.4 Å². The second-order valence-corrected chi connectivity index (χ2v) is 9.26. The number of hydrogen-bond donors (Lipinski definition) is 1. The van der Waals surface area contributed by atoms with Gasteiger partial charge in [0.2, 0.25) is 7.29 Å². The van der Waals surface area contributed by atoms with Crippen molar-refractivity contribution < 1.29 is 18.5 Å². The van der Waals surface area contributed by atoms with E-state index in [1.807, 2.05) is 67.6 Å². The number of esters is 1. The molecule has 3 aromatic rings. The van der Waals surface area contributed by atoms with Crippen LogP contribution in [0.5, 0.6) is 0 Å². The Morgan fingerprint density at radius 3 is 2.00 bits per heavy atom. The molecule has 2 aromatic carbocycles. The van der Waals surface area contributed by atoms with Crippen molar-refractivity contribution in [2.45, 2.75) is 18.6 Å². The van der Waals surface area contributed by atoms with Gasteiger partial charge >= 0.3 is 5.97 Å². The van der Waals surface area contributed by atoms with Crippen molar-refractivity contribution in [1.82, 2.24) is 5.09 Å². The van der Waals surface area contributed by atoms with Crippen molar-refractivity contribution >= 4 is 23.9 Å². The second kappa shape index (κ2) is 7.27. The Balaban J connectivity index is 1.85. The largest absolute Gasteiger partial charge is 0.467 e. The van der Waals surface area contributed by atoms with Crippen LogP contribution >= 0.6 is 7.29 Å². The predicted octanol–water partition coefficient (Wildman–Crippen LogP) is 3.50. The topological polar surface area (TPSA) is 68.5 Å². The van der Waals surface area contributed by atoms with Crippen molar-refractivity contribution in [1.29, 1.82) is 0 Å². The van der Waals surface area contributed by atoms with Gasteiger partial charge in [-0.1, -0.05) is 36.4 Å². The standard InChI is InChI=1S/C22H20NO4P/c1-22(19-13-8-16-26-19,20-14-15-21(24)27-20)23-28(25,17-9-4-2-5-10-17)18-11-6-3-7-12-18/h2-16,20H,1H3,(H,23,25)/t20-,22+/m1/s1. The molecule has 0 spiro atoms. The fourth-order valence-electron chi connectivity index (χ4n) is 3.39. The molecule has 1 aliphatic heterocycles. The van der Waals surface area contributed by atoms with Gasteiger partial charge in [0.1, 0.15) is 17.4 Å². The summed E-state index contributed by atoms with van der Waals surface area (Å²) in [6.45, 7) is 1.83. The number of ether oxygens (including phenoxy) is 1. The highest BCUT2D eigenvalue weighted by Crippen LogP contribution is 2.46. The summed E-state index contributed by atoms with van der Waals surface area (Å²) >= 11 is 0. The number of furan rings is 1. The number of carbonyl (C=O) groups excluding carboxylic acids is 1. The van der Waals surface area contributed by atoms with E-state index in [9.17, 15) is 9.36 Å². The zero-order chi connectivity index (χ0) is 19.6. The molecule has 4 rings (SSSR count). The fraction of sp³-hybridized carbons (Fsp3) is 0.136. The Morgan fingerprint density at radius 1 is 0.929 bits per heavy atom. The molecule has 142 valence electrons. The summed E-state index contributed by atoms with van der Waals surface area (Å²) in [5.41, 5.74) is -1.03. The maximum atomic E-state index is 14.4. The van der Waals surface area contributed by atoms with Gasteiger partial charge < -0.3 is 9.15 Å². The highest BCUT2D eigenvalue weighted by Gasteiger charge is 2.47. The molecule has 0 fully saturated rings. The zero-order valence-electron chi connectivity index (χ0n) is 15.3. The molecule has 0 saturated carbocycles. The lowest BCUT2D eigenvalue weighted by molar-refractivity contribution is -0.141. The number of nitrogens with one attached hydrogen (secondary N) is 1. The van der Waals surface area contributed by atoms with Gasteiger partial charge in [0.25, 0.3) is 0 Å². The van der Waals surface area contributed by atoms with Crippen molar-refractivity contribution in [3.05, 3.63) is 97.0 Å². The number of hydrogen-bond acceptors (Lipinski definition) is 4. The molecule has 6 heteroatoms. The molecular weight excluding hydrogens is 373 g/mol. The van der Waals surface area contributed by atoms with Gasteiger partial charge in [-0.25, -0.2) is 9.88 Å². The SMILES string of the molecule is C[C@](NP(=O)(c1ccccc1)c1ccccc1)(c1ccco1)[C@H]1C=CC(=O)O1. The van der Waals surface area contributed by atoms with E-state index in [0.29, 0.717) is 16.4 Å².